The van der Waals surface area contributed by atoms with E-state index in [4.69, 9.17) is 21.1 Å². The second-order valence-electron chi connectivity index (χ2n) is 5.96. The van der Waals surface area contributed by atoms with Crippen LogP contribution in [0.3, 0.4) is 0 Å². The number of nitrogens with zero attached hydrogens (tertiary/aromatic N) is 1. The first-order valence-corrected chi connectivity index (χ1v) is 8.61. The molecule has 3 rings (SSSR count). The molecular formula is C17H21ClN2O4. The van der Waals surface area contributed by atoms with Crippen LogP contribution < -0.4 is 14.8 Å². The molecule has 130 valence electrons. The van der Waals surface area contributed by atoms with Gasteiger partial charge in [-0.25, -0.2) is 0 Å². The third-order valence-electron chi connectivity index (χ3n) is 4.36. The quantitative estimate of drug-likeness (QED) is 0.886. The monoisotopic (exact) mass is 352 g/mol. The second kappa shape index (κ2) is 7.30. The first-order chi connectivity index (χ1) is 11.6. The average Bonchev–Trinajstić information content (AvgIpc) is 2.86. The molecule has 0 bridgehead atoms. The van der Waals surface area contributed by atoms with Gasteiger partial charge in [-0.05, 0) is 31.4 Å². The topological polar surface area (TPSA) is 67.9 Å². The maximum Gasteiger partial charge on any atom is 0.254 e. The summed E-state index contributed by atoms with van der Waals surface area (Å²) in [6.07, 6.45) is 3.25. The lowest BCUT2D eigenvalue weighted by Crippen LogP contribution is -2.51. The molecule has 2 heterocycles. The van der Waals surface area contributed by atoms with Gasteiger partial charge in [-0.15, -0.1) is 0 Å². The van der Waals surface area contributed by atoms with Gasteiger partial charge in [0.15, 0.2) is 11.5 Å². The van der Waals surface area contributed by atoms with Gasteiger partial charge in [0.05, 0.1) is 18.2 Å². The highest BCUT2D eigenvalue weighted by Crippen LogP contribution is 2.38. The van der Waals surface area contributed by atoms with E-state index in [0.29, 0.717) is 48.3 Å². The predicted molar refractivity (Wildman–Crippen MR) is 89.8 cm³/mol. The Morgan fingerprint density at radius 2 is 2.00 bits per heavy atom. The van der Waals surface area contributed by atoms with Crippen LogP contribution in [0.25, 0.3) is 0 Å². The van der Waals surface area contributed by atoms with Crippen molar-refractivity contribution in [1.29, 1.82) is 0 Å². The standard InChI is InChI=1S/C17H21ClN2O4/c1-19-16(21)13-5-2-3-6-20(13)17(22)11-9-12(18)15-14(10-11)23-7-4-8-24-15/h9-10,13H,2-8H2,1H3,(H,19,21)/t13-/m0/s1. The number of benzene rings is 1. The van der Waals surface area contributed by atoms with Crippen molar-refractivity contribution >= 4 is 23.4 Å². The smallest absolute Gasteiger partial charge is 0.254 e. The zero-order chi connectivity index (χ0) is 17.1. The number of hydrogen-bond acceptors (Lipinski definition) is 4. The van der Waals surface area contributed by atoms with Crippen molar-refractivity contribution in [3.8, 4) is 11.5 Å². The summed E-state index contributed by atoms with van der Waals surface area (Å²) in [4.78, 5) is 26.7. The molecule has 2 aliphatic rings. The zero-order valence-corrected chi connectivity index (χ0v) is 14.4. The lowest BCUT2D eigenvalue weighted by atomic mass is 10.00. The van der Waals surface area contributed by atoms with Crippen molar-refractivity contribution in [3.63, 3.8) is 0 Å². The van der Waals surface area contributed by atoms with E-state index in [1.54, 1.807) is 24.1 Å². The third kappa shape index (κ3) is 3.29. The predicted octanol–water partition coefficient (Wildman–Crippen LogP) is 2.24. The minimum atomic E-state index is -0.439. The van der Waals surface area contributed by atoms with Crippen LogP contribution in [0.15, 0.2) is 12.1 Å². The van der Waals surface area contributed by atoms with Gasteiger partial charge in [0.25, 0.3) is 5.91 Å². The van der Waals surface area contributed by atoms with Crippen LogP contribution in [0.4, 0.5) is 0 Å². The van der Waals surface area contributed by atoms with E-state index >= 15 is 0 Å². The SMILES string of the molecule is CNC(=O)[C@@H]1CCCCN1C(=O)c1cc(Cl)c2c(c1)OCCCO2. The van der Waals surface area contributed by atoms with E-state index in [1.165, 1.54) is 0 Å². The number of nitrogens with one attached hydrogen (secondary N) is 1. The van der Waals surface area contributed by atoms with Crippen molar-refractivity contribution in [1.82, 2.24) is 10.2 Å². The highest BCUT2D eigenvalue weighted by molar-refractivity contribution is 6.32. The minimum Gasteiger partial charge on any atom is -0.489 e. The zero-order valence-electron chi connectivity index (χ0n) is 13.6. The molecular weight excluding hydrogens is 332 g/mol. The summed E-state index contributed by atoms with van der Waals surface area (Å²) < 4.78 is 11.2. The number of carbonyl (C=O) groups is 2. The number of likely N-dealkylation sites (tertiary alicyclic amines) is 1. The Labute approximate surface area is 146 Å². The molecule has 2 aliphatic heterocycles. The molecule has 1 fully saturated rings. The number of ether oxygens (including phenoxy) is 2. The van der Waals surface area contributed by atoms with Gasteiger partial charge in [0.2, 0.25) is 5.91 Å². The highest BCUT2D eigenvalue weighted by atomic mass is 35.5. The van der Waals surface area contributed by atoms with Gasteiger partial charge < -0.3 is 19.7 Å². The molecule has 1 aromatic carbocycles. The van der Waals surface area contributed by atoms with Crippen LogP contribution in [0.5, 0.6) is 11.5 Å². The van der Waals surface area contributed by atoms with Crippen LogP contribution in [-0.4, -0.2) is 49.6 Å². The number of amides is 2. The molecule has 6 nitrogen and oxygen atoms in total. The molecule has 0 aliphatic carbocycles. The van der Waals surface area contributed by atoms with E-state index in [-0.39, 0.29) is 11.8 Å². The summed E-state index contributed by atoms with van der Waals surface area (Å²) in [7, 11) is 1.59. The van der Waals surface area contributed by atoms with Gasteiger partial charge in [0, 0.05) is 25.6 Å². The fourth-order valence-corrected chi connectivity index (χ4v) is 3.40. The van der Waals surface area contributed by atoms with Crippen molar-refractivity contribution in [3.05, 3.63) is 22.7 Å². The molecule has 1 aromatic rings. The molecule has 0 spiro atoms. The summed E-state index contributed by atoms with van der Waals surface area (Å²) in [5.74, 6) is 0.619. The number of carbonyl (C=O) groups excluding carboxylic acids is 2. The summed E-state index contributed by atoms with van der Waals surface area (Å²) in [6.45, 7) is 1.61. The molecule has 0 saturated carbocycles. The Kier molecular flexibility index (Phi) is 5.14. The summed E-state index contributed by atoms with van der Waals surface area (Å²) in [6, 6.07) is 2.81. The summed E-state index contributed by atoms with van der Waals surface area (Å²) in [5.41, 5.74) is 0.417. The van der Waals surface area contributed by atoms with E-state index in [2.05, 4.69) is 5.32 Å². The van der Waals surface area contributed by atoms with Gasteiger partial charge >= 0.3 is 0 Å². The van der Waals surface area contributed by atoms with Crippen LogP contribution in [0.1, 0.15) is 36.0 Å². The number of likely N-dealkylation sites (N-methyl/N-ethyl adjacent to an activating group) is 1. The molecule has 24 heavy (non-hydrogen) atoms. The highest BCUT2D eigenvalue weighted by Gasteiger charge is 2.33. The molecule has 7 heteroatoms. The maximum atomic E-state index is 12.9. The lowest BCUT2D eigenvalue weighted by Gasteiger charge is -2.34. The van der Waals surface area contributed by atoms with E-state index in [1.807, 2.05) is 0 Å². The fourth-order valence-electron chi connectivity index (χ4n) is 3.13. The first kappa shape index (κ1) is 16.9. The van der Waals surface area contributed by atoms with Gasteiger partial charge in [-0.2, -0.15) is 0 Å². The largest absolute Gasteiger partial charge is 0.489 e. The van der Waals surface area contributed by atoms with Gasteiger partial charge in [-0.1, -0.05) is 11.6 Å². The molecule has 0 radical (unpaired) electrons. The van der Waals surface area contributed by atoms with Crippen LogP contribution in [-0.2, 0) is 4.79 Å². The molecule has 1 atom stereocenters. The number of rotatable bonds is 2. The van der Waals surface area contributed by atoms with E-state index in [0.717, 1.165) is 19.3 Å². The van der Waals surface area contributed by atoms with Gasteiger partial charge in [0.1, 0.15) is 6.04 Å². The number of hydrogen-bond donors (Lipinski definition) is 1. The molecule has 1 N–H and O–H groups in total. The van der Waals surface area contributed by atoms with Gasteiger partial charge in [-0.3, -0.25) is 9.59 Å². The van der Waals surface area contributed by atoms with E-state index < -0.39 is 6.04 Å². The fraction of sp³-hybridized carbons (Fsp3) is 0.529. The molecule has 2 amide bonds. The van der Waals surface area contributed by atoms with Crippen LogP contribution >= 0.6 is 11.6 Å². The van der Waals surface area contributed by atoms with E-state index in [9.17, 15) is 9.59 Å². The Bertz CT molecular complexity index is 650. The van der Waals surface area contributed by atoms with Crippen LogP contribution in [0, 0.1) is 0 Å². The normalized spacial score (nSPS) is 20.2. The summed E-state index contributed by atoms with van der Waals surface area (Å²) in [5, 5.41) is 2.99. The van der Waals surface area contributed by atoms with Crippen molar-refractivity contribution in [2.45, 2.75) is 31.7 Å². The Hall–Kier alpha value is -1.95. The van der Waals surface area contributed by atoms with Crippen molar-refractivity contribution in [2.24, 2.45) is 0 Å². The van der Waals surface area contributed by atoms with Crippen molar-refractivity contribution < 1.29 is 19.1 Å². The third-order valence-corrected chi connectivity index (χ3v) is 4.64. The Morgan fingerprint density at radius 3 is 2.79 bits per heavy atom. The number of fused-ring (bicyclic) bond motifs is 1. The Balaban J connectivity index is 1.90. The Morgan fingerprint density at radius 1 is 1.21 bits per heavy atom. The van der Waals surface area contributed by atoms with Crippen LogP contribution in [0.2, 0.25) is 5.02 Å². The lowest BCUT2D eigenvalue weighted by molar-refractivity contribution is -0.126. The number of piperidine rings is 1. The molecule has 0 unspecified atom stereocenters. The summed E-state index contributed by atoms with van der Waals surface area (Å²) >= 11 is 6.27. The number of halogens is 1. The second-order valence-corrected chi connectivity index (χ2v) is 6.37. The average molecular weight is 353 g/mol. The maximum absolute atomic E-state index is 12.9. The molecule has 0 aromatic heterocycles. The molecule has 1 saturated heterocycles. The van der Waals surface area contributed by atoms with Crippen molar-refractivity contribution in [2.75, 3.05) is 26.8 Å². The minimum absolute atomic E-state index is 0.136. The first-order valence-electron chi connectivity index (χ1n) is 8.23.